The Morgan fingerprint density at radius 1 is 1.53 bits per heavy atom. The van der Waals surface area contributed by atoms with E-state index in [1.807, 2.05) is 0 Å². The second kappa shape index (κ2) is 5.05. The van der Waals surface area contributed by atoms with Crippen molar-refractivity contribution in [3.63, 3.8) is 0 Å². The van der Waals surface area contributed by atoms with E-state index in [9.17, 15) is 4.79 Å². The van der Waals surface area contributed by atoms with E-state index >= 15 is 0 Å². The number of carboxylic acids is 1. The van der Waals surface area contributed by atoms with E-state index < -0.39 is 5.97 Å². The predicted molar refractivity (Wildman–Crippen MR) is 64.3 cm³/mol. The van der Waals surface area contributed by atoms with Crippen molar-refractivity contribution in [3.05, 3.63) is 23.8 Å². The summed E-state index contributed by atoms with van der Waals surface area (Å²) in [6.07, 6.45) is 2.19. The number of carboxylic acid groups (broad SMARTS) is 1. The van der Waals surface area contributed by atoms with Crippen LogP contribution in [0.1, 0.15) is 23.2 Å². The molecule has 1 fully saturated rings. The monoisotopic (exact) mass is 236 g/mol. The van der Waals surface area contributed by atoms with E-state index in [0.717, 1.165) is 25.9 Å². The fourth-order valence-electron chi connectivity index (χ4n) is 1.89. The Balaban J connectivity index is 2.08. The van der Waals surface area contributed by atoms with Crippen molar-refractivity contribution in [2.75, 3.05) is 18.8 Å². The maximum absolute atomic E-state index is 10.7. The molecule has 0 saturated carbocycles. The van der Waals surface area contributed by atoms with Gasteiger partial charge in [0.15, 0.2) is 0 Å². The highest BCUT2D eigenvalue weighted by atomic mass is 16.5. The van der Waals surface area contributed by atoms with Crippen LogP contribution in [0.5, 0.6) is 5.75 Å². The van der Waals surface area contributed by atoms with Crippen molar-refractivity contribution in [1.29, 1.82) is 0 Å². The first kappa shape index (κ1) is 11.7. The van der Waals surface area contributed by atoms with Crippen LogP contribution < -0.4 is 15.8 Å². The lowest BCUT2D eigenvalue weighted by molar-refractivity contribution is 0.0697. The highest BCUT2D eigenvalue weighted by Gasteiger charge is 2.16. The molecule has 1 atom stereocenters. The number of nitrogen functional groups attached to an aromatic ring is 1. The Kier molecular flexibility index (Phi) is 3.49. The molecule has 0 aromatic heterocycles. The quantitative estimate of drug-likeness (QED) is 0.684. The van der Waals surface area contributed by atoms with Crippen LogP contribution in [0.2, 0.25) is 0 Å². The summed E-state index contributed by atoms with van der Waals surface area (Å²) in [5.41, 5.74) is 6.32. The summed E-state index contributed by atoms with van der Waals surface area (Å²) >= 11 is 0. The summed E-state index contributed by atoms with van der Waals surface area (Å²) in [4.78, 5) is 10.7. The molecule has 2 rings (SSSR count). The molecule has 5 nitrogen and oxygen atoms in total. The molecule has 1 unspecified atom stereocenters. The molecular formula is C12H16N2O3. The first-order valence-electron chi connectivity index (χ1n) is 5.67. The molecule has 17 heavy (non-hydrogen) atoms. The Bertz CT molecular complexity index is 414. The van der Waals surface area contributed by atoms with Gasteiger partial charge in [0.05, 0.1) is 11.3 Å². The van der Waals surface area contributed by atoms with Crippen molar-refractivity contribution in [1.82, 2.24) is 5.32 Å². The molecule has 0 radical (unpaired) electrons. The molecule has 1 aromatic rings. The third-order valence-corrected chi connectivity index (χ3v) is 2.80. The second-order valence-corrected chi connectivity index (χ2v) is 4.14. The fraction of sp³-hybridized carbons (Fsp3) is 0.417. The molecule has 5 heteroatoms. The Morgan fingerprint density at radius 2 is 2.35 bits per heavy atom. The number of nitrogens with two attached hydrogens (primary N) is 1. The van der Waals surface area contributed by atoms with Crippen LogP contribution in [-0.2, 0) is 0 Å². The smallest absolute Gasteiger partial charge is 0.335 e. The van der Waals surface area contributed by atoms with Gasteiger partial charge in [-0.05, 0) is 37.6 Å². The van der Waals surface area contributed by atoms with Gasteiger partial charge in [-0.1, -0.05) is 0 Å². The Morgan fingerprint density at radius 3 is 2.94 bits per heavy atom. The molecule has 1 aromatic carbocycles. The molecule has 92 valence electrons. The van der Waals surface area contributed by atoms with Gasteiger partial charge in [0.2, 0.25) is 0 Å². The molecule has 1 saturated heterocycles. The van der Waals surface area contributed by atoms with Crippen molar-refractivity contribution in [3.8, 4) is 5.75 Å². The zero-order valence-corrected chi connectivity index (χ0v) is 9.48. The minimum absolute atomic E-state index is 0.113. The first-order valence-corrected chi connectivity index (χ1v) is 5.67. The van der Waals surface area contributed by atoms with Crippen LogP contribution in [-0.4, -0.2) is 30.3 Å². The summed E-state index contributed by atoms with van der Waals surface area (Å²) in [6.45, 7) is 1.83. The van der Waals surface area contributed by atoms with Crippen LogP contribution in [0.25, 0.3) is 0 Å². The average Bonchev–Trinajstić information content (AvgIpc) is 2.33. The molecule has 1 aliphatic rings. The number of hydrogen-bond acceptors (Lipinski definition) is 4. The fourth-order valence-corrected chi connectivity index (χ4v) is 1.89. The largest absolute Gasteiger partial charge is 0.487 e. The van der Waals surface area contributed by atoms with Gasteiger partial charge in [0, 0.05) is 6.54 Å². The third-order valence-electron chi connectivity index (χ3n) is 2.80. The van der Waals surface area contributed by atoms with Gasteiger partial charge in [-0.15, -0.1) is 0 Å². The SMILES string of the molecule is Nc1cc(C(=O)O)ccc1OC1CCCNC1. The summed E-state index contributed by atoms with van der Waals surface area (Å²) < 4.78 is 5.74. The second-order valence-electron chi connectivity index (χ2n) is 4.14. The minimum atomic E-state index is -0.984. The lowest BCUT2D eigenvalue weighted by atomic mass is 10.1. The lowest BCUT2D eigenvalue weighted by Gasteiger charge is -2.24. The normalized spacial score (nSPS) is 19.9. The lowest BCUT2D eigenvalue weighted by Crippen LogP contribution is -2.37. The van der Waals surface area contributed by atoms with E-state index in [1.54, 1.807) is 6.07 Å². The molecule has 4 N–H and O–H groups in total. The zero-order valence-electron chi connectivity index (χ0n) is 9.48. The number of rotatable bonds is 3. The van der Waals surface area contributed by atoms with E-state index in [-0.39, 0.29) is 11.7 Å². The van der Waals surface area contributed by atoms with Crippen LogP contribution in [0, 0.1) is 0 Å². The number of aromatic carboxylic acids is 1. The van der Waals surface area contributed by atoms with Crippen molar-refractivity contribution in [2.45, 2.75) is 18.9 Å². The van der Waals surface area contributed by atoms with Crippen LogP contribution >= 0.6 is 0 Å². The number of carbonyl (C=O) groups is 1. The maximum atomic E-state index is 10.7. The van der Waals surface area contributed by atoms with Crippen LogP contribution in [0.3, 0.4) is 0 Å². The van der Waals surface area contributed by atoms with E-state index in [2.05, 4.69) is 5.32 Å². The summed E-state index contributed by atoms with van der Waals surface area (Å²) in [5.74, 6) is -0.425. The number of benzene rings is 1. The average molecular weight is 236 g/mol. The minimum Gasteiger partial charge on any atom is -0.487 e. The number of piperidine rings is 1. The van der Waals surface area contributed by atoms with Crippen molar-refractivity contribution < 1.29 is 14.6 Å². The van der Waals surface area contributed by atoms with Gasteiger partial charge in [-0.3, -0.25) is 0 Å². The van der Waals surface area contributed by atoms with Gasteiger partial charge >= 0.3 is 5.97 Å². The topological polar surface area (TPSA) is 84.6 Å². The van der Waals surface area contributed by atoms with Gasteiger partial charge in [0.25, 0.3) is 0 Å². The zero-order chi connectivity index (χ0) is 12.3. The van der Waals surface area contributed by atoms with E-state index in [4.69, 9.17) is 15.6 Å². The maximum Gasteiger partial charge on any atom is 0.335 e. The summed E-state index contributed by atoms with van der Waals surface area (Å²) in [5, 5.41) is 12.1. The number of nitrogens with one attached hydrogen (secondary N) is 1. The number of hydrogen-bond donors (Lipinski definition) is 3. The third kappa shape index (κ3) is 2.88. The first-order chi connectivity index (χ1) is 8.16. The molecule has 0 amide bonds. The molecule has 0 bridgehead atoms. The standard InChI is InChI=1S/C12H16N2O3/c13-10-6-8(12(15)16)3-4-11(10)17-9-2-1-5-14-7-9/h3-4,6,9,14H,1-2,5,7,13H2,(H,15,16). The van der Waals surface area contributed by atoms with Crippen molar-refractivity contribution in [2.24, 2.45) is 0 Å². The molecule has 0 aliphatic carbocycles. The number of anilines is 1. The van der Waals surface area contributed by atoms with E-state index in [0.29, 0.717) is 11.4 Å². The van der Waals surface area contributed by atoms with Gasteiger partial charge in [-0.25, -0.2) is 4.79 Å². The Labute approximate surface area is 99.6 Å². The molecular weight excluding hydrogens is 220 g/mol. The van der Waals surface area contributed by atoms with Crippen molar-refractivity contribution >= 4 is 11.7 Å². The molecule has 1 heterocycles. The highest BCUT2D eigenvalue weighted by Crippen LogP contribution is 2.25. The number of ether oxygens (including phenoxy) is 1. The molecule has 1 aliphatic heterocycles. The van der Waals surface area contributed by atoms with Crippen LogP contribution in [0.4, 0.5) is 5.69 Å². The molecule has 0 spiro atoms. The highest BCUT2D eigenvalue weighted by molar-refractivity contribution is 5.89. The van der Waals surface area contributed by atoms with Gasteiger partial charge < -0.3 is 20.9 Å². The van der Waals surface area contributed by atoms with E-state index in [1.165, 1.54) is 12.1 Å². The summed E-state index contributed by atoms with van der Waals surface area (Å²) in [7, 11) is 0. The predicted octanol–water partition coefficient (Wildman–Crippen LogP) is 1.10. The van der Waals surface area contributed by atoms with Gasteiger partial charge in [0.1, 0.15) is 11.9 Å². The van der Waals surface area contributed by atoms with Crippen LogP contribution in [0.15, 0.2) is 18.2 Å². The Hall–Kier alpha value is -1.75. The van der Waals surface area contributed by atoms with Gasteiger partial charge in [-0.2, -0.15) is 0 Å². The summed E-state index contributed by atoms with van der Waals surface area (Å²) in [6, 6.07) is 4.55.